The van der Waals surface area contributed by atoms with Gasteiger partial charge in [0.1, 0.15) is 0 Å². The van der Waals surface area contributed by atoms with E-state index in [1.165, 1.54) is 17.3 Å². The molecule has 0 atom stereocenters. The number of carbonyl (C=O) groups excluding carboxylic acids is 1. The quantitative estimate of drug-likeness (QED) is 0.421. The first-order valence-electron chi connectivity index (χ1n) is 11.4. The Bertz CT molecular complexity index is 1010. The van der Waals surface area contributed by atoms with Crippen molar-refractivity contribution >= 4 is 23.4 Å². The van der Waals surface area contributed by atoms with Gasteiger partial charge in [-0.05, 0) is 50.9 Å². The average molecular weight is 455 g/mol. The Hall–Kier alpha value is -2.45. The van der Waals surface area contributed by atoms with Crippen molar-refractivity contribution in [3.05, 3.63) is 52.8 Å². The first-order valence-corrected chi connectivity index (χ1v) is 12.4. The number of aromatic nitrogens is 4. The lowest BCUT2D eigenvalue weighted by Crippen LogP contribution is -2.36. The number of nitrogens with zero attached hydrogens (tertiary/aromatic N) is 5. The highest BCUT2D eigenvalue weighted by Crippen LogP contribution is 2.20. The van der Waals surface area contributed by atoms with E-state index >= 15 is 0 Å². The van der Waals surface area contributed by atoms with Gasteiger partial charge >= 0.3 is 0 Å². The molecule has 1 aromatic carbocycles. The lowest BCUT2D eigenvalue weighted by molar-refractivity contribution is -0.118. The van der Waals surface area contributed by atoms with Crippen LogP contribution in [0.15, 0.2) is 35.5 Å². The zero-order valence-corrected chi connectivity index (χ0v) is 20.4. The molecule has 0 aliphatic heterocycles. The average Bonchev–Trinajstić information content (AvgIpc) is 3.19. The molecule has 8 heteroatoms. The molecule has 0 spiro atoms. The second-order valence-corrected chi connectivity index (χ2v) is 8.95. The molecule has 172 valence electrons. The Morgan fingerprint density at radius 2 is 1.78 bits per heavy atom. The van der Waals surface area contributed by atoms with Gasteiger partial charge in [-0.2, -0.15) is 4.98 Å². The van der Waals surface area contributed by atoms with Gasteiger partial charge in [0.05, 0.1) is 5.75 Å². The summed E-state index contributed by atoms with van der Waals surface area (Å²) in [5.74, 6) is 0.884. The highest BCUT2D eigenvalue weighted by molar-refractivity contribution is 7.99. The van der Waals surface area contributed by atoms with Crippen LogP contribution in [0.5, 0.6) is 0 Å². The van der Waals surface area contributed by atoms with Gasteiger partial charge in [-0.15, -0.1) is 5.10 Å². The number of aryl methyl sites for hydroxylation is 2. The molecule has 0 saturated heterocycles. The van der Waals surface area contributed by atoms with Crippen molar-refractivity contribution in [3.63, 3.8) is 0 Å². The third-order valence-corrected chi connectivity index (χ3v) is 6.25. The molecular formula is C24H34N6OS. The molecule has 2 aromatic heterocycles. The van der Waals surface area contributed by atoms with Crippen LogP contribution < -0.4 is 5.32 Å². The van der Waals surface area contributed by atoms with Gasteiger partial charge < -0.3 is 10.2 Å². The second-order valence-electron chi connectivity index (χ2n) is 8.01. The molecule has 3 aromatic rings. The van der Waals surface area contributed by atoms with E-state index in [1.54, 1.807) is 4.52 Å². The van der Waals surface area contributed by atoms with E-state index in [-0.39, 0.29) is 5.91 Å². The van der Waals surface area contributed by atoms with E-state index in [9.17, 15) is 4.79 Å². The van der Waals surface area contributed by atoms with Crippen LogP contribution in [-0.4, -0.2) is 62.3 Å². The Kier molecular flexibility index (Phi) is 9.05. The van der Waals surface area contributed by atoms with E-state index in [1.807, 2.05) is 32.0 Å². The summed E-state index contributed by atoms with van der Waals surface area (Å²) in [4.78, 5) is 23.8. The summed E-state index contributed by atoms with van der Waals surface area (Å²) in [6.07, 6.45) is 3.06. The zero-order chi connectivity index (χ0) is 22.9. The molecule has 0 aliphatic rings. The largest absolute Gasteiger partial charge is 0.354 e. The van der Waals surface area contributed by atoms with E-state index in [2.05, 4.69) is 51.3 Å². The Morgan fingerprint density at radius 3 is 2.47 bits per heavy atom. The fraction of sp³-hybridized carbons (Fsp3) is 0.500. The van der Waals surface area contributed by atoms with Crippen LogP contribution in [0.4, 0.5) is 0 Å². The monoisotopic (exact) mass is 454 g/mol. The van der Waals surface area contributed by atoms with Gasteiger partial charge in [-0.25, -0.2) is 9.50 Å². The number of hydrogen-bond donors (Lipinski definition) is 1. The van der Waals surface area contributed by atoms with Gasteiger partial charge in [0.15, 0.2) is 0 Å². The molecule has 1 N–H and O–H groups in total. The standard InChI is InChI=1S/C24H34N6OS/c1-5-13-29(14-6-2)15-12-25-22(31)17-32-24-27-23-26-18(3)21(19(4)30(23)28-24)16-20-10-8-7-9-11-20/h7-11H,5-6,12-17H2,1-4H3,(H,25,31). The van der Waals surface area contributed by atoms with Crippen LogP contribution in [0.3, 0.4) is 0 Å². The molecule has 0 unspecified atom stereocenters. The molecule has 0 aliphatic carbocycles. The minimum Gasteiger partial charge on any atom is -0.354 e. The predicted octanol–water partition coefficient (Wildman–Crippen LogP) is 3.66. The van der Waals surface area contributed by atoms with Crippen molar-refractivity contribution in [2.45, 2.75) is 52.1 Å². The first kappa shape index (κ1) is 24.2. The molecule has 0 bridgehead atoms. The van der Waals surface area contributed by atoms with Gasteiger partial charge in [0, 0.05) is 30.9 Å². The van der Waals surface area contributed by atoms with Crippen molar-refractivity contribution in [1.29, 1.82) is 0 Å². The maximum atomic E-state index is 12.3. The number of hydrogen-bond acceptors (Lipinski definition) is 6. The third-order valence-electron chi connectivity index (χ3n) is 5.42. The summed E-state index contributed by atoms with van der Waals surface area (Å²) in [5.41, 5.74) is 4.39. The molecule has 0 radical (unpaired) electrons. The highest BCUT2D eigenvalue weighted by Gasteiger charge is 2.15. The van der Waals surface area contributed by atoms with Crippen LogP contribution in [0.25, 0.3) is 5.78 Å². The van der Waals surface area contributed by atoms with Crippen molar-refractivity contribution in [3.8, 4) is 0 Å². The Labute approximate surface area is 195 Å². The summed E-state index contributed by atoms with van der Waals surface area (Å²) in [7, 11) is 0. The van der Waals surface area contributed by atoms with Gasteiger partial charge in [-0.1, -0.05) is 55.9 Å². The van der Waals surface area contributed by atoms with E-state index in [0.717, 1.165) is 55.8 Å². The molecule has 0 fully saturated rings. The first-order chi connectivity index (χ1) is 15.5. The number of amides is 1. The summed E-state index contributed by atoms with van der Waals surface area (Å²) in [6, 6.07) is 10.4. The highest BCUT2D eigenvalue weighted by atomic mass is 32.2. The summed E-state index contributed by atoms with van der Waals surface area (Å²) in [6.45, 7) is 12.1. The summed E-state index contributed by atoms with van der Waals surface area (Å²) in [5, 5.41) is 8.19. The SMILES string of the molecule is CCCN(CCC)CCNC(=O)CSc1nc2nc(C)c(Cc3ccccc3)c(C)n2n1. The second kappa shape index (κ2) is 12.0. The van der Waals surface area contributed by atoms with Crippen molar-refractivity contribution in [1.82, 2.24) is 29.8 Å². The van der Waals surface area contributed by atoms with Crippen molar-refractivity contribution in [2.75, 3.05) is 31.9 Å². The maximum absolute atomic E-state index is 12.3. The topological polar surface area (TPSA) is 75.4 Å². The number of benzene rings is 1. The number of thioether (sulfide) groups is 1. The van der Waals surface area contributed by atoms with Crippen LogP contribution in [0.1, 0.15) is 49.2 Å². The number of carbonyl (C=O) groups is 1. The summed E-state index contributed by atoms with van der Waals surface area (Å²) < 4.78 is 1.79. The number of fused-ring (bicyclic) bond motifs is 1. The normalized spacial score (nSPS) is 11.4. The molecule has 3 rings (SSSR count). The molecule has 7 nitrogen and oxygen atoms in total. The molecule has 0 saturated carbocycles. The number of nitrogens with one attached hydrogen (secondary N) is 1. The fourth-order valence-electron chi connectivity index (χ4n) is 3.81. The van der Waals surface area contributed by atoms with E-state index < -0.39 is 0 Å². The molecule has 1 amide bonds. The minimum atomic E-state index is 0.00688. The van der Waals surface area contributed by atoms with Crippen LogP contribution in [0, 0.1) is 13.8 Å². The smallest absolute Gasteiger partial charge is 0.253 e. The van der Waals surface area contributed by atoms with Crippen molar-refractivity contribution < 1.29 is 4.79 Å². The van der Waals surface area contributed by atoms with E-state index in [0.29, 0.717) is 23.2 Å². The fourth-order valence-corrected chi connectivity index (χ4v) is 4.46. The predicted molar refractivity (Wildman–Crippen MR) is 130 cm³/mol. The lowest BCUT2D eigenvalue weighted by Gasteiger charge is -2.20. The van der Waals surface area contributed by atoms with Gasteiger partial charge in [0.2, 0.25) is 11.1 Å². The maximum Gasteiger partial charge on any atom is 0.253 e. The Morgan fingerprint density at radius 1 is 1.06 bits per heavy atom. The minimum absolute atomic E-state index is 0.00688. The van der Waals surface area contributed by atoms with Crippen LogP contribution >= 0.6 is 11.8 Å². The lowest BCUT2D eigenvalue weighted by atomic mass is 10.0. The third kappa shape index (κ3) is 6.53. The van der Waals surface area contributed by atoms with E-state index in [4.69, 9.17) is 0 Å². The van der Waals surface area contributed by atoms with Crippen molar-refractivity contribution in [2.24, 2.45) is 0 Å². The molecular weight excluding hydrogens is 420 g/mol. The molecule has 2 heterocycles. The van der Waals surface area contributed by atoms with Crippen LogP contribution in [-0.2, 0) is 11.2 Å². The summed E-state index contributed by atoms with van der Waals surface area (Å²) >= 11 is 1.35. The van der Waals surface area contributed by atoms with Gasteiger partial charge in [0.25, 0.3) is 5.78 Å². The zero-order valence-electron chi connectivity index (χ0n) is 19.6. The van der Waals surface area contributed by atoms with Gasteiger partial charge in [-0.3, -0.25) is 4.79 Å². The molecule has 32 heavy (non-hydrogen) atoms. The van der Waals surface area contributed by atoms with Crippen LogP contribution in [0.2, 0.25) is 0 Å². The Balaban J connectivity index is 1.58. The number of rotatable bonds is 12.